The minimum atomic E-state index is -4.00. The molecule has 0 bridgehead atoms. The Balaban J connectivity index is 1.28. The normalized spacial score (nSPS) is 18.0. The number of nitrogens with two attached hydrogens (primary N) is 1. The van der Waals surface area contributed by atoms with Gasteiger partial charge in [0.1, 0.15) is 12.4 Å². The monoisotopic (exact) mass is 595 g/mol. The van der Waals surface area contributed by atoms with Gasteiger partial charge in [0.05, 0.1) is 16.5 Å². The minimum absolute atomic E-state index is 0.0469. The van der Waals surface area contributed by atoms with Crippen LogP contribution in [-0.2, 0) is 16.4 Å². The lowest BCUT2D eigenvalue weighted by Crippen LogP contribution is -2.52. The summed E-state index contributed by atoms with van der Waals surface area (Å²) in [6, 6.07) is 14.3. The van der Waals surface area contributed by atoms with E-state index < -0.39 is 33.7 Å². The van der Waals surface area contributed by atoms with E-state index in [9.17, 15) is 27.1 Å². The molecule has 11 heteroatoms. The van der Waals surface area contributed by atoms with E-state index in [1.54, 1.807) is 18.2 Å². The number of hydrogen-bond donors (Lipinski definition) is 2. The summed E-state index contributed by atoms with van der Waals surface area (Å²) in [5, 5.41) is 11.7. The van der Waals surface area contributed by atoms with E-state index in [-0.39, 0.29) is 46.8 Å². The predicted octanol–water partition coefficient (Wildman–Crippen LogP) is 4.54. The summed E-state index contributed by atoms with van der Waals surface area (Å²) in [7, 11) is -4.00. The van der Waals surface area contributed by atoms with Crippen molar-refractivity contribution in [3.63, 3.8) is 0 Å². The van der Waals surface area contributed by atoms with Crippen molar-refractivity contribution in [2.75, 3.05) is 13.2 Å². The van der Waals surface area contributed by atoms with Gasteiger partial charge in [-0.1, -0.05) is 24.6 Å². The number of halogens is 2. The van der Waals surface area contributed by atoms with E-state index in [1.165, 1.54) is 48.7 Å². The van der Waals surface area contributed by atoms with Crippen LogP contribution in [0.5, 0.6) is 5.75 Å². The molecule has 1 fully saturated rings. The van der Waals surface area contributed by atoms with Crippen LogP contribution in [0.4, 0.5) is 8.78 Å². The van der Waals surface area contributed by atoms with Crippen LogP contribution in [0.25, 0.3) is 10.9 Å². The molecule has 6 rings (SSSR count). The highest BCUT2D eigenvalue weighted by Gasteiger charge is 2.36. The molecule has 0 radical (unpaired) electrons. The Morgan fingerprint density at radius 1 is 1.10 bits per heavy atom. The molecule has 1 aliphatic carbocycles. The number of nitrogens with zero attached hydrogens (tertiary/aromatic N) is 2. The Bertz CT molecular complexity index is 1760. The quantitative estimate of drug-likeness (QED) is 0.294. The Labute approximate surface area is 242 Å². The van der Waals surface area contributed by atoms with E-state index >= 15 is 0 Å². The third kappa shape index (κ3) is 5.05. The van der Waals surface area contributed by atoms with Gasteiger partial charge < -0.3 is 15.6 Å². The number of carbonyl (C=O) groups excluding carboxylic acids is 1. The van der Waals surface area contributed by atoms with Crippen LogP contribution < -0.4 is 10.5 Å². The van der Waals surface area contributed by atoms with Gasteiger partial charge in [-0.2, -0.15) is 0 Å². The molecule has 8 nitrogen and oxygen atoms in total. The van der Waals surface area contributed by atoms with E-state index in [0.717, 1.165) is 23.2 Å². The van der Waals surface area contributed by atoms with Crippen molar-refractivity contribution in [3.05, 3.63) is 95.2 Å². The summed E-state index contributed by atoms with van der Waals surface area (Å²) in [5.74, 6) is -1.70. The lowest BCUT2D eigenvalue weighted by atomic mass is 9.87. The fourth-order valence-corrected chi connectivity index (χ4v) is 7.45. The number of carbonyl (C=O) groups is 1. The highest BCUT2D eigenvalue weighted by atomic mass is 32.2. The van der Waals surface area contributed by atoms with Crippen LogP contribution in [0.1, 0.15) is 53.3 Å². The number of aromatic nitrogens is 1. The van der Waals surface area contributed by atoms with Crippen molar-refractivity contribution in [2.45, 2.75) is 55.2 Å². The highest BCUT2D eigenvalue weighted by Crippen LogP contribution is 2.37. The van der Waals surface area contributed by atoms with Gasteiger partial charge in [0.25, 0.3) is 10.0 Å². The molecule has 1 amide bonds. The van der Waals surface area contributed by atoms with Gasteiger partial charge in [0, 0.05) is 46.9 Å². The van der Waals surface area contributed by atoms with Crippen LogP contribution in [0.15, 0.2) is 71.8 Å². The molecule has 0 spiro atoms. The first-order valence-corrected chi connectivity index (χ1v) is 15.4. The molecular formula is C31H31F2N3O5S. The average Bonchev–Trinajstić information content (AvgIpc) is 3.34. The molecule has 42 heavy (non-hydrogen) atoms. The largest absolute Gasteiger partial charge is 0.489 e. The van der Waals surface area contributed by atoms with Crippen molar-refractivity contribution in [2.24, 2.45) is 5.73 Å². The van der Waals surface area contributed by atoms with Crippen molar-refractivity contribution in [3.8, 4) is 5.75 Å². The molecule has 1 saturated carbocycles. The maximum atomic E-state index is 14.5. The van der Waals surface area contributed by atoms with Gasteiger partial charge in [-0.3, -0.25) is 9.69 Å². The molecule has 3 N–H and O–H groups in total. The second-order valence-corrected chi connectivity index (χ2v) is 12.7. The van der Waals surface area contributed by atoms with Gasteiger partial charge in [-0.25, -0.2) is 21.2 Å². The minimum Gasteiger partial charge on any atom is -0.489 e. The van der Waals surface area contributed by atoms with Gasteiger partial charge in [0.15, 0.2) is 11.6 Å². The molecule has 3 aromatic carbocycles. The van der Waals surface area contributed by atoms with Gasteiger partial charge in [-0.15, -0.1) is 0 Å². The SMILES string of the molecule is NC(=O)c1ccc(F)c2c1CC(N(CCC(O)c1cn(S(=O)(=O)c3ccccc3)c3ccc(F)cc13)C1CCC1)CO2. The fraction of sp³-hybridized carbons (Fsp3) is 0.323. The molecule has 2 heterocycles. The third-order valence-corrected chi connectivity index (χ3v) is 10.1. The first-order chi connectivity index (χ1) is 20.1. The predicted molar refractivity (Wildman–Crippen MR) is 153 cm³/mol. The molecule has 1 aromatic heterocycles. The smallest absolute Gasteiger partial charge is 0.268 e. The van der Waals surface area contributed by atoms with Gasteiger partial charge in [-0.05, 0) is 68.1 Å². The lowest BCUT2D eigenvalue weighted by molar-refractivity contribution is 0.0294. The molecule has 1 aliphatic heterocycles. The first kappa shape index (κ1) is 28.3. The van der Waals surface area contributed by atoms with E-state index in [4.69, 9.17) is 10.5 Å². The average molecular weight is 596 g/mol. The fourth-order valence-electron chi connectivity index (χ4n) is 6.05. The summed E-state index contributed by atoms with van der Waals surface area (Å²) in [4.78, 5) is 14.3. The second kappa shape index (κ2) is 11.1. The Hall–Kier alpha value is -3.80. The first-order valence-electron chi connectivity index (χ1n) is 13.9. The number of rotatable bonds is 9. The van der Waals surface area contributed by atoms with E-state index in [0.29, 0.717) is 29.5 Å². The molecule has 220 valence electrons. The van der Waals surface area contributed by atoms with Crippen molar-refractivity contribution in [1.82, 2.24) is 8.87 Å². The lowest BCUT2D eigenvalue weighted by Gasteiger charge is -2.44. The Morgan fingerprint density at radius 2 is 1.86 bits per heavy atom. The zero-order valence-corrected chi connectivity index (χ0v) is 23.6. The van der Waals surface area contributed by atoms with E-state index in [2.05, 4.69) is 4.90 Å². The van der Waals surface area contributed by atoms with Crippen LogP contribution in [-0.4, -0.2) is 53.5 Å². The zero-order chi connectivity index (χ0) is 29.6. The number of benzene rings is 3. The standard InChI is InChI=1S/C31H31F2N3O5S/c32-19-9-12-28-24(15-19)26(17-36(28)42(39,40)22-7-2-1-3-8-22)29(37)13-14-35(20-5-4-6-20)21-16-25-23(31(34)38)10-11-27(33)30(25)41-18-21/h1-3,7-12,15,17,20-21,29,37H,4-6,13-14,16,18H2,(H2,34,38). The van der Waals surface area contributed by atoms with Crippen LogP contribution >= 0.6 is 0 Å². The Kier molecular flexibility index (Phi) is 7.50. The second-order valence-electron chi connectivity index (χ2n) is 10.9. The number of aliphatic hydroxyl groups excluding tert-OH is 1. The molecule has 2 unspecified atom stereocenters. The molecule has 0 saturated heterocycles. The number of ether oxygens (including phenoxy) is 1. The van der Waals surface area contributed by atoms with Crippen molar-refractivity contribution < 1.29 is 31.8 Å². The number of hydrogen-bond acceptors (Lipinski definition) is 6. The summed E-state index contributed by atoms with van der Waals surface area (Å²) < 4.78 is 62.7. The molecule has 2 aliphatic rings. The third-order valence-electron chi connectivity index (χ3n) is 8.43. The highest BCUT2D eigenvalue weighted by molar-refractivity contribution is 7.90. The summed E-state index contributed by atoms with van der Waals surface area (Å²) >= 11 is 0. The van der Waals surface area contributed by atoms with Gasteiger partial charge in [0.2, 0.25) is 5.91 Å². The molecule has 2 atom stereocenters. The summed E-state index contributed by atoms with van der Waals surface area (Å²) in [5.41, 5.74) is 6.79. The van der Waals surface area contributed by atoms with Crippen molar-refractivity contribution in [1.29, 1.82) is 0 Å². The maximum absolute atomic E-state index is 14.5. The number of aliphatic hydroxyl groups is 1. The maximum Gasteiger partial charge on any atom is 0.268 e. The van der Waals surface area contributed by atoms with Crippen molar-refractivity contribution >= 4 is 26.8 Å². The molecular weight excluding hydrogens is 564 g/mol. The van der Waals surface area contributed by atoms with E-state index in [1.807, 2.05) is 0 Å². The zero-order valence-electron chi connectivity index (χ0n) is 22.7. The summed E-state index contributed by atoms with van der Waals surface area (Å²) in [6.07, 6.45) is 3.81. The van der Waals surface area contributed by atoms with Gasteiger partial charge >= 0.3 is 0 Å². The number of amides is 1. The van der Waals surface area contributed by atoms with Crippen LogP contribution in [0, 0.1) is 11.6 Å². The summed E-state index contributed by atoms with van der Waals surface area (Å²) in [6.45, 7) is 0.627. The molecule has 4 aromatic rings. The van der Waals surface area contributed by atoms with Crippen LogP contribution in [0.2, 0.25) is 0 Å². The Morgan fingerprint density at radius 3 is 2.55 bits per heavy atom. The van der Waals surface area contributed by atoms with Crippen LogP contribution in [0.3, 0.4) is 0 Å². The topological polar surface area (TPSA) is 115 Å². The number of primary amides is 1. The number of fused-ring (bicyclic) bond motifs is 2.